The molecule has 3 aromatic heterocycles. The topological polar surface area (TPSA) is 66.2 Å². The summed E-state index contributed by atoms with van der Waals surface area (Å²) in [6.07, 6.45) is 1.54. The van der Waals surface area contributed by atoms with Crippen LogP contribution in [0.25, 0.3) is 22.6 Å². The summed E-state index contributed by atoms with van der Waals surface area (Å²) in [5.74, 6) is 0.615. The third kappa shape index (κ3) is 1.97. The van der Waals surface area contributed by atoms with Crippen molar-refractivity contribution in [2.24, 2.45) is 7.05 Å². The number of aryl methyl sites for hydroxylation is 2. The van der Waals surface area contributed by atoms with Gasteiger partial charge in [-0.2, -0.15) is 4.98 Å². The molecule has 0 fully saturated rings. The lowest BCUT2D eigenvalue weighted by molar-refractivity contribution is 0.667. The summed E-state index contributed by atoms with van der Waals surface area (Å²) in [5.41, 5.74) is 2.88. The van der Waals surface area contributed by atoms with E-state index in [1.807, 2.05) is 53.1 Å². The minimum absolute atomic E-state index is 0.159. The van der Waals surface area contributed by atoms with Crippen LogP contribution in [-0.2, 0) is 13.6 Å². The van der Waals surface area contributed by atoms with Gasteiger partial charge in [-0.3, -0.25) is 22.9 Å². The summed E-state index contributed by atoms with van der Waals surface area (Å²) in [7, 11) is 1.63. The molecule has 7 nitrogen and oxygen atoms in total. The maximum atomic E-state index is 13.0. The van der Waals surface area contributed by atoms with Crippen LogP contribution in [0.5, 0.6) is 0 Å². The van der Waals surface area contributed by atoms with E-state index in [0.29, 0.717) is 16.9 Å². The van der Waals surface area contributed by atoms with E-state index in [-0.39, 0.29) is 12.1 Å². The van der Waals surface area contributed by atoms with Gasteiger partial charge in [0, 0.05) is 30.7 Å². The Bertz CT molecular complexity index is 1290. The second kappa shape index (κ2) is 5.59. The van der Waals surface area contributed by atoms with E-state index in [0.717, 1.165) is 17.1 Å². The van der Waals surface area contributed by atoms with Gasteiger partial charge < -0.3 is 0 Å². The second-order valence-electron chi connectivity index (χ2n) is 6.31. The average molecular weight is 349 g/mol. The first-order valence-electron chi connectivity index (χ1n) is 8.33. The van der Waals surface area contributed by atoms with Crippen molar-refractivity contribution >= 4 is 16.9 Å². The molecule has 26 heavy (non-hydrogen) atoms. The van der Waals surface area contributed by atoms with E-state index in [4.69, 9.17) is 0 Å². The first-order chi connectivity index (χ1) is 12.5. The Morgan fingerprint density at radius 2 is 1.81 bits per heavy atom. The largest absolute Gasteiger partial charge is 0.332 e. The molecular formula is C19H19N5O2. The van der Waals surface area contributed by atoms with Crippen LogP contribution in [0.4, 0.5) is 0 Å². The molecule has 0 spiro atoms. The molecule has 0 amide bonds. The summed E-state index contributed by atoms with van der Waals surface area (Å²) in [6.45, 7) is 7.74. The highest BCUT2D eigenvalue weighted by Crippen LogP contribution is 2.24. The summed E-state index contributed by atoms with van der Waals surface area (Å²) < 4.78 is 6.42. The Balaban J connectivity index is 2.24. The molecule has 0 aliphatic carbocycles. The third-order valence-corrected chi connectivity index (χ3v) is 4.85. The minimum Gasteiger partial charge on any atom is -0.283 e. The van der Waals surface area contributed by atoms with Crippen LogP contribution in [0, 0.1) is 13.8 Å². The number of benzene rings is 1. The number of imidazole rings is 2. The van der Waals surface area contributed by atoms with Gasteiger partial charge in [0.05, 0.1) is 0 Å². The normalized spacial score (nSPS) is 11.5. The molecule has 4 aromatic rings. The fourth-order valence-corrected chi connectivity index (χ4v) is 3.43. The van der Waals surface area contributed by atoms with Crippen molar-refractivity contribution in [3.8, 4) is 5.69 Å². The Morgan fingerprint density at radius 1 is 1.12 bits per heavy atom. The first-order valence-corrected chi connectivity index (χ1v) is 8.33. The molecule has 0 unspecified atom stereocenters. The molecule has 0 aliphatic heterocycles. The number of allylic oxidation sites excluding steroid dienone is 1. The molecular weight excluding hydrogens is 330 g/mol. The van der Waals surface area contributed by atoms with Crippen LogP contribution in [0.1, 0.15) is 11.4 Å². The monoisotopic (exact) mass is 349 g/mol. The van der Waals surface area contributed by atoms with Crippen molar-refractivity contribution in [3.63, 3.8) is 0 Å². The molecule has 0 saturated heterocycles. The van der Waals surface area contributed by atoms with Gasteiger partial charge >= 0.3 is 5.69 Å². The van der Waals surface area contributed by atoms with Gasteiger partial charge in [0.25, 0.3) is 5.56 Å². The standard InChI is InChI=1S/C19H19N5O2/c1-5-11-22-17(25)15-16(21(4)19(22)26)20-18-23(12(2)13(3)24(15)18)14-9-7-6-8-10-14/h5-10H,1,11H2,2-4H3. The molecule has 0 bridgehead atoms. The molecule has 0 aliphatic rings. The number of hydrogen-bond acceptors (Lipinski definition) is 3. The molecule has 4 rings (SSSR count). The summed E-state index contributed by atoms with van der Waals surface area (Å²) in [4.78, 5) is 30.2. The van der Waals surface area contributed by atoms with E-state index in [2.05, 4.69) is 11.6 Å². The van der Waals surface area contributed by atoms with Gasteiger partial charge in [0.1, 0.15) is 0 Å². The average Bonchev–Trinajstić information content (AvgIpc) is 3.14. The van der Waals surface area contributed by atoms with E-state index in [1.54, 1.807) is 13.1 Å². The highest BCUT2D eigenvalue weighted by atomic mass is 16.2. The number of nitrogens with zero attached hydrogens (tertiary/aromatic N) is 5. The molecule has 0 radical (unpaired) electrons. The highest BCUT2D eigenvalue weighted by Gasteiger charge is 2.22. The molecule has 132 valence electrons. The van der Waals surface area contributed by atoms with Crippen molar-refractivity contribution in [1.82, 2.24) is 23.1 Å². The molecule has 3 heterocycles. The minimum atomic E-state index is -0.399. The van der Waals surface area contributed by atoms with Crippen molar-refractivity contribution < 1.29 is 0 Å². The smallest absolute Gasteiger partial charge is 0.283 e. The zero-order chi connectivity index (χ0) is 18.6. The molecule has 0 N–H and O–H groups in total. The lowest BCUT2D eigenvalue weighted by atomic mass is 10.3. The van der Waals surface area contributed by atoms with Crippen LogP contribution >= 0.6 is 0 Å². The van der Waals surface area contributed by atoms with Crippen molar-refractivity contribution in [3.05, 3.63) is 75.2 Å². The lowest BCUT2D eigenvalue weighted by Crippen LogP contribution is -2.39. The zero-order valence-corrected chi connectivity index (χ0v) is 14.9. The first kappa shape index (κ1) is 16.1. The van der Waals surface area contributed by atoms with E-state index in [9.17, 15) is 9.59 Å². The Labute approximate surface area is 149 Å². The number of para-hydroxylation sites is 1. The van der Waals surface area contributed by atoms with Crippen LogP contribution in [0.2, 0.25) is 0 Å². The van der Waals surface area contributed by atoms with Gasteiger partial charge in [-0.1, -0.05) is 24.3 Å². The highest BCUT2D eigenvalue weighted by molar-refractivity contribution is 5.77. The van der Waals surface area contributed by atoms with Crippen molar-refractivity contribution in [1.29, 1.82) is 0 Å². The third-order valence-electron chi connectivity index (χ3n) is 4.85. The second-order valence-corrected chi connectivity index (χ2v) is 6.31. The van der Waals surface area contributed by atoms with Crippen molar-refractivity contribution in [2.45, 2.75) is 20.4 Å². The van der Waals surface area contributed by atoms with E-state index < -0.39 is 5.69 Å². The van der Waals surface area contributed by atoms with Crippen LogP contribution < -0.4 is 11.2 Å². The number of fused-ring (bicyclic) bond motifs is 3. The fourth-order valence-electron chi connectivity index (χ4n) is 3.43. The molecule has 0 atom stereocenters. The van der Waals surface area contributed by atoms with Gasteiger partial charge in [0.15, 0.2) is 11.2 Å². The quantitative estimate of drug-likeness (QED) is 0.531. The van der Waals surface area contributed by atoms with E-state index in [1.165, 1.54) is 9.13 Å². The molecule has 7 heteroatoms. The van der Waals surface area contributed by atoms with Gasteiger partial charge in [-0.25, -0.2) is 4.79 Å². The Hall–Kier alpha value is -3.35. The fraction of sp³-hybridized carbons (Fsp3) is 0.211. The van der Waals surface area contributed by atoms with Gasteiger partial charge in [0.2, 0.25) is 5.78 Å². The van der Waals surface area contributed by atoms with Gasteiger partial charge in [-0.05, 0) is 26.0 Å². The Kier molecular flexibility index (Phi) is 3.47. The number of rotatable bonds is 3. The van der Waals surface area contributed by atoms with Crippen LogP contribution in [-0.4, -0.2) is 23.1 Å². The Morgan fingerprint density at radius 3 is 2.46 bits per heavy atom. The van der Waals surface area contributed by atoms with Crippen molar-refractivity contribution in [2.75, 3.05) is 0 Å². The van der Waals surface area contributed by atoms with Gasteiger partial charge in [-0.15, -0.1) is 6.58 Å². The maximum Gasteiger partial charge on any atom is 0.332 e. The van der Waals surface area contributed by atoms with Crippen LogP contribution in [0.15, 0.2) is 52.6 Å². The summed E-state index contributed by atoms with van der Waals surface area (Å²) >= 11 is 0. The predicted molar refractivity (Wildman–Crippen MR) is 101 cm³/mol. The lowest BCUT2D eigenvalue weighted by Gasteiger charge is -2.07. The molecule has 1 aromatic carbocycles. The SMILES string of the molecule is C=CCn1c(=O)c2c(nc3n(-c4ccccc4)c(C)c(C)n23)n(C)c1=O. The van der Waals surface area contributed by atoms with E-state index >= 15 is 0 Å². The summed E-state index contributed by atoms with van der Waals surface area (Å²) in [5, 5.41) is 0. The molecule has 0 saturated carbocycles. The summed E-state index contributed by atoms with van der Waals surface area (Å²) in [6, 6.07) is 9.83. The number of hydrogen-bond donors (Lipinski definition) is 0. The maximum absolute atomic E-state index is 13.0. The zero-order valence-electron chi connectivity index (χ0n) is 14.9. The number of aromatic nitrogens is 5. The predicted octanol–water partition coefficient (Wildman–Crippen LogP) is 1.94. The van der Waals surface area contributed by atoms with Crippen LogP contribution in [0.3, 0.4) is 0 Å².